The zero-order valence-corrected chi connectivity index (χ0v) is 11.9. The molecule has 0 fully saturated rings. The number of aromatic nitrogens is 1. The number of carbonyl (C=O) groups is 1. The number of hydrogen-bond acceptors (Lipinski definition) is 6. The van der Waals surface area contributed by atoms with E-state index in [0.717, 1.165) is 11.1 Å². The van der Waals surface area contributed by atoms with Crippen LogP contribution in [0, 0.1) is 0 Å². The van der Waals surface area contributed by atoms with Crippen molar-refractivity contribution in [2.45, 2.75) is 13.1 Å². The van der Waals surface area contributed by atoms with E-state index < -0.39 is 5.97 Å². The molecule has 0 unspecified atom stereocenters. The summed E-state index contributed by atoms with van der Waals surface area (Å²) in [7, 11) is 1.32. The Morgan fingerprint density at radius 1 is 1.43 bits per heavy atom. The van der Waals surface area contributed by atoms with E-state index in [2.05, 4.69) is 9.72 Å². The van der Waals surface area contributed by atoms with E-state index in [1.807, 2.05) is 17.0 Å². The number of pyridine rings is 1. The van der Waals surface area contributed by atoms with E-state index in [4.69, 9.17) is 4.42 Å². The molecule has 0 aromatic carbocycles. The highest BCUT2D eigenvalue weighted by Crippen LogP contribution is 2.16. The van der Waals surface area contributed by atoms with E-state index in [0.29, 0.717) is 19.6 Å². The molecule has 112 valence electrons. The molecule has 1 N–H and O–H groups in total. The molecule has 6 heteroatoms. The fourth-order valence-electron chi connectivity index (χ4n) is 2.08. The largest absolute Gasteiger partial charge is 0.463 e. The predicted octanol–water partition coefficient (Wildman–Crippen LogP) is 1.46. The van der Waals surface area contributed by atoms with Crippen LogP contribution >= 0.6 is 0 Å². The summed E-state index contributed by atoms with van der Waals surface area (Å²) in [6.07, 6.45) is 4.95. The summed E-state index contributed by atoms with van der Waals surface area (Å²) in [6.45, 7) is 1.63. The van der Waals surface area contributed by atoms with Gasteiger partial charge in [0.2, 0.25) is 5.76 Å². The number of nitrogens with zero attached hydrogens (tertiary/aromatic N) is 2. The third kappa shape index (κ3) is 4.14. The van der Waals surface area contributed by atoms with Crippen LogP contribution in [0.3, 0.4) is 0 Å². The zero-order chi connectivity index (χ0) is 15.1. The summed E-state index contributed by atoms with van der Waals surface area (Å²) in [6, 6.07) is 5.57. The molecular weight excluding hydrogens is 272 g/mol. The van der Waals surface area contributed by atoms with Crippen molar-refractivity contribution in [2.75, 3.05) is 20.3 Å². The summed E-state index contributed by atoms with van der Waals surface area (Å²) in [4.78, 5) is 17.7. The Kier molecular flexibility index (Phi) is 5.48. The minimum atomic E-state index is -0.500. The molecule has 2 rings (SSSR count). The van der Waals surface area contributed by atoms with Crippen LogP contribution in [0.1, 0.15) is 21.7 Å². The van der Waals surface area contributed by atoms with Crippen molar-refractivity contribution in [3.8, 4) is 0 Å². The van der Waals surface area contributed by atoms with Crippen LogP contribution < -0.4 is 0 Å². The molecule has 0 aliphatic carbocycles. The lowest BCUT2D eigenvalue weighted by molar-refractivity contribution is 0.0561. The van der Waals surface area contributed by atoms with Crippen molar-refractivity contribution in [2.24, 2.45) is 0 Å². The highest BCUT2D eigenvalue weighted by atomic mass is 16.5. The number of ether oxygens (including phenoxy) is 1. The van der Waals surface area contributed by atoms with Crippen molar-refractivity contribution in [3.05, 3.63) is 53.7 Å². The molecule has 0 bridgehead atoms. The highest BCUT2D eigenvalue weighted by Gasteiger charge is 2.18. The number of aliphatic hydroxyl groups is 1. The minimum Gasteiger partial charge on any atom is -0.463 e. The second-order valence-corrected chi connectivity index (χ2v) is 4.56. The van der Waals surface area contributed by atoms with Gasteiger partial charge >= 0.3 is 5.97 Å². The van der Waals surface area contributed by atoms with Gasteiger partial charge in [-0.05, 0) is 17.7 Å². The molecule has 2 heterocycles. The summed E-state index contributed by atoms with van der Waals surface area (Å²) >= 11 is 0. The lowest BCUT2D eigenvalue weighted by atomic mass is 10.2. The first-order chi connectivity index (χ1) is 10.2. The van der Waals surface area contributed by atoms with Gasteiger partial charge in [-0.2, -0.15) is 0 Å². The fraction of sp³-hybridized carbons (Fsp3) is 0.333. The van der Waals surface area contributed by atoms with Crippen LogP contribution in [0.15, 0.2) is 41.3 Å². The molecule has 0 aliphatic heterocycles. The van der Waals surface area contributed by atoms with Crippen LogP contribution in [-0.2, 0) is 17.8 Å². The van der Waals surface area contributed by atoms with E-state index in [-0.39, 0.29) is 12.4 Å². The van der Waals surface area contributed by atoms with Crippen molar-refractivity contribution < 1.29 is 19.1 Å². The van der Waals surface area contributed by atoms with E-state index >= 15 is 0 Å². The number of methoxy groups -OCH3 is 1. The molecule has 0 radical (unpaired) electrons. The van der Waals surface area contributed by atoms with Gasteiger partial charge in [0.1, 0.15) is 0 Å². The van der Waals surface area contributed by atoms with Crippen LogP contribution in [0.5, 0.6) is 0 Å². The average molecular weight is 290 g/mol. The van der Waals surface area contributed by atoms with Crippen molar-refractivity contribution in [1.82, 2.24) is 9.88 Å². The maximum Gasteiger partial charge on any atom is 0.374 e. The standard InChI is InChI=1S/C15H18N2O4/c1-20-15(19)14-13(4-8-21-14)11-17(6-7-18)10-12-3-2-5-16-9-12/h2-5,8-9,18H,6-7,10-11H2,1H3. The van der Waals surface area contributed by atoms with Gasteiger partial charge in [0.05, 0.1) is 20.0 Å². The van der Waals surface area contributed by atoms with E-state index in [1.54, 1.807) is 18.5 Å². The summed E-state index contributed by atoms with van der Waals surface area (Å²) < 4.78 is 9.85. The number of carbonyl (C=O) groups excluding carboxylic acids is 1. The average Bonchev–Trinajstić information content (AvgIpc) is 2.96. The van der Waals surface area contributed by atoms with Gasteiger partial charge in [-0.25, -0.2) is 4.79 Å². The van der Waals surface area contributed by atoms with Gasteiger partial charge in [-0.3, -0.25) is 9.88 Å². The molecule has 0 amide bonds. The van der Waals surface area contributed by atoms with Crippen molar-refractivity contribution in [3.63, 3.8) is 0 Å². The van der Waals surface area contributed by atoms with Gasteiger partial charge in [0.25, 0.3) is 0 Å². The van der Waals surface area contributed by atoms with E-state index in [9.17, 15) is 9.90 Å². The second-order valence-electron chi connectivity index (χ2n) is 4.56. The van der Waals surface area contributed by atoms with Gasteiger partial charge in [-0.1, -0.05) is 6.07 Å². The summed E-state index contributed by atoms with van der Waals surface area (Å²) in [5, 5.41) is 9.20. The lowest BCUT2D eigenvalue weighted by Gasteiger charge is -2.20. The Labute approximate surface area is 123 Å². The topological polar surface area (TPSA) is 75.8 Å². The molecule has 0 atom stereocenters. The molecule has 6 nitrogen and oxygen atoms in total. The predicted molar refractivity (Wildman–Crippen MR) is 75.5 cm³/mol. The molecule has 0 aliphatic rings. The molecule has 0 saturated carbocycles. The third-order valence-corrected chi connectivity index (χ3v) is 3.06. The number of furan rings is 1. The van der Waals surface area contributed by atoms with Crippen molar-refractivity contribution >= 4 is 5.97 Å². The fourth-order valence-corrected chi connectivity index (χ4v) is 2.08. The summed E-state index contributed by atoms with van der Waals surface area (Å²) in [5.41, 5.74) is 1.77. The Balaban J connectivity index is 2.09. The number of aliphatic hydroxyl groups excluding tert-OH is 1. The van der Waals surface area contributed by atoms with Gasteiger partial charge < -0.3 is 14.3 Å². The second kappa shape index (κ2) is 7.56. The molecule has 0 saturated heterocycles. The molecule has 2 aromatic heterocycles. The third-order valence-electron chi connectivity index (χ3n) is 3.06. The van der Waals surface area contributed by atoms with Crippen LogP contribution in [-0.4, -0.2) is 41.2 Å². The SMILES string of the molecule is COC(=O)c1occc1CN(CCO)Cc1cccnc1. The van der Waals surface area contributed by atoms with Gasteiger partial charge in [0, 0.05) is 37.6 Å². The number of esters is 1. The lowest BCUT2D eigenvalue weighted by Crippen LogP contribution is -2.26. The Morgan fingerprint density at radius 3 is 2.95 bits per heavy atom. The molecular formula is C15H18N2O4. The van der Waals surface area contributed by atoms with Crippen LogP contribution in [0.2, 0.25) is 0 Å². The number of hydrogen-bond donors (Lipinski definition) is 1. The maximum atomic E-state index is 11.6. The first-order valence-electron chi connectivity index (χ1n) is 6.61. The van der Waals surface area contributed by atoms with Crippen LogP contribution in [0.4, 0.5) is 0 Å². The monoisotopic (exact) mass is 290 g/mol. The minimum absolute atomic E-state index is 0.0334. The zero-order valence-electron chi connectivity index (χ0n) is 11.9. The Morgan fingerprint density at radius 2 is 2.29 bits per heavy atom. The number of rotatable bonds is 7. The Hall–Kier alpha value is -2.18. The highest BCUT2D eigenvalue weighted by molar-refractivity contribution is 5.87. The molecule has 21 heavy (non-hydrogen) atoms. The smallest absolute Gasteiger partial charge is 0.374 e. The van der Waals surface area contributed by atoms with Gasteiger partial charge in [0.15, 0.2) is 0 Å². The van der Waals surface area contributed by atoms with Gasteiger partial charge in [-0.15, -0.1) is 0 Å². The van der Waals surface area contributed by atoms with Crippen LogP contribution in [0.25, 0.3) is 0 Å². The van der Waals surface area contributed by atoms with E-state index in [1.165, 1.54) is 13.4 Å². The summed E-state index contributed by atoms with van der Waals surface area (Å²) in [5.74, 6) is -0.299. The quantitative estimate of drug-likeness (QED) is 0.778. The van der Waals surface area contributed by atoms with Crippen molar-refractivity contribution in [1.29, 1.82) is 0 Å². The first-order valence-corrected chi connectivity index (χ1v) is 6.61. The maximum absolute atomic E-state index is 11.6. The molecule has 2 aromatic rings. The normalized spacial score (nSPS) is 10.8. The Bertz CT molecular complexity index is 568. The first kappa shape index (κ1) is 15.2. The molecule has 0 spiro atoms.